The Labute approximate surface area is 112 Å². The fourth-order valence-corrected chi connectivity index (χ4v) is 2.32. The van der Waals surface area contributed by atoms with Gasteiger partial charge in [0.05, 0.1) is 37.3 Å². The van der Waals surface area contributed by atoms with E-state index in [0.29, 0.717) is 25.3 Å². The number of ether oxygens (including phenoxy) is 1. The maximum Gasteiger partial charge on any atom is 0.305 e. The van der Waals surface area contributed by atoms with Crippen molar-refractivity contribution >= 4 is 11.7 Å². The average molecular weight is 260 g/mol. The molecule has 1 saturated heterocycles. The van der Waals surface area contributed by atoms with E-state index in [2.05, 4.69) is 6.07 Å². The Morgan fingerprint density at radius 2 is 2.42 bits per heavy atom. The predicted octanol–water partition coefficient (Wildman–Crippen LogP) is 1.55. The first-order valence-electron chi connectivity index (χ1n) is 6.18. The third kappa shape index (κ3) is 3.04. The molecular weight excluding hydrogens is 244 g/mol. The Hall–Kier alpha value is -2.06. The highest BCUT2D eigenvalue weighted by atomic mass is 16.5. The quantitative estimate of drug-likeness (QED) is 0.892. The van der Waals surface area contributed by atoms with Crippen LogP contribution in [0.2, 0.25) is 0 Å². The van der Waals surface area contributed by atoms with E-state index in [0.717, 1.165) is 11.3 Å². The van der Waals surface area contributed by atoms with Gasteiger partial charge in [0.2, 0.25) is 0 Å². The zero-order chi connectivity index (χ0) is 13.8. The number of hydrogen-bond acceptors (Lipinski definition) is 4. The average Bonchev–Trinajstić information content (AvgIpc) is 2.38. The molecule has 0 saturated carbocycles. The van der Waals surface area contributed by atoms with Crippen LogP contribution >= 0.6 is 0 Å². The first-order valence-corrected chi connectivity index (χ1v) is 6.18. The molecule has 1 aliphatic rings. The first kappa shape index (κ1) is 13.4. The topological polar surface area (TPSA) is 73.6 Å². The fourth-order valence-electron chi connectivity index (χ4n) is 2.32. The summed E-state index contributed by atoms with van der Waals surface area (Å²) in [4.78, 5) is 12.9. The van der Waals surface area contributed by atoms with Gasteiger partial charge in [0.25, 0.3) is 0 Å². The smallest absolute Gasteiger partial charge is 0.305 e. The third-order valence-corrected chi connectivity index (χ3v) is 3.30. The SMILES string of the molecule is Cc1cc(N2CCOCC2CC(=O)O)ccc1C#N. The van der Waals surface area contributed by atoms with Gasteiger partial charge in [-0.2, -0.15) is 5.26 Å². The van der Waals surface area contributed by atoms with E-state index in [9.17, 15) is 4.79 Å². The lowest BCUT2D eigenvalue weighted by molar-refractivity contribution is -0.138. The zero-order valence-corrected chi connectivity index (χ0v) is 10.8. The van der Waals surface area contributed by atoms with Crippen molar-refractivity contribution in [1.29, 1.82) is 5.26 Å². The van der Waals surface area contributed by atoms with Crippen LogP contribution in [0.3, 0.4) is 0 Å². The van der Waals surface area contributed by atoms with Gasteiger partial charge < -0.3 is 14.7 Å². The number of morpholine rings is 1. The summed E-state index contributed by atoms with van der Waals surface area (Å²) in [5, 5.41) is 17.9. The van der Waals surface area contributed by atoms with Gasteiger partial charge in [0, 0.05) is 12.2 Å². The highest BCUT2D eigenvalue weighted by Gasteiger charge is 2.25. The minimum Gasteiger partial charge on any atom is -0.481 e. The molecule has 1 heterocycles. The molecule has 0 aromatic heterocycles. The van der Waals surface area contributed by atoms with Crippen molar-refractivity contribution in [1.82, 2.24) is 0 Å². The highest BCUT2D eigenvalue weighted by Crippen LogP contribution is 2.24. The van der Waals surface area contributed by atoms with Crippen molar-refractivity contribution < 1.29 is 14.6 Å². The number of aryl methyl sites for hydroxylation is 1. The van der Waals surface area contributed by atoms with Crippen LogP contribution < -0.4 is 4.90 Å². The van der Waals surface area contributed by atoms with Gasteiger partial charge in [-0.3, -0.25) is 4.79 Å². The molecule has 100 valence electrons. The predicted molar refractivity (Wildman–Crippen MR) is 70.1 cm³/mol. The van der Waals surface area contributed by atoms with E-state index in [1.165, 1.54) is 0 Å². The van der Waals surface area contributed by atoms with E-state index in [-0.39, 0.29) is 12.5 Å². The van der Waals surface area contributed by atoms with Gasteiger partial charge >= 0.3 is 5.97 Å². The van der Waals surface area contributed by atoms with Crippen molar-refractivity contribution in [3.8, 4) is 6.07 Å². The number of nitrogens with zero attached hydrogens (tertiary/aromatic N) is 2. The fraction of sp³-hybridized carbons (Fsp3) is 0.429. The molecule has 1 unspecified atom stereocenters. The molecule has 1 aromatic carbocycles. The van der Waals surface area contributed by atoms with Gasteiger partial charge in [-0.15, -0.1) is 0 Å². The molecule has 5 nitrogen and oxygen atoms in total. The Morgan fingerprint density at radius 1 is 1.63 bits per heavy atom. The maximum absolute atomic E-state index is 10.9. The molecule has 0 spiro atoms. The summed E-state index contributed by atoms with van der Waals surface area (Å²) in [7, 11) is 0. The van der Waals surface area contributed by atoms with Crippen molar-refractivity contribution in [3.05, 3.63) is 29.3 Å². The van der Waals surface area contributed by atoms with Gasteiger partial charge in [-0.25, -0.2) is 0 Å². The zero-order valence-electron chi connectivity index (χ0n) is 10.8. The summed E-state index contributed by atoms with van der Waals surface area (Å²) < 4.78 is 5.35. The molecule has 1 N–H and O–H groups in total. The van der Waals surface area contributed by atoms with Crippen LogP contribution in [0.5, 0.6) is 0 Å². The van der Waals surface area contributed by atoms with Gasteiger partial charge in [0.15, 0.2) is 0 Å². The summed E-state index contributed by atoms with van der Waals surface area (Å²) in [6, 6.07) is 7.55. The molecule has 1 fully saturated rings. The maximum atomic E-state index is 10.9. The summed E-state index contributed by atoms with van der Waals surface area (Å²) in [6.45, 7) is 3.57. The normalized spacial score (nSPS) is 18.9. The van der Waals surface area contributed by atoms with Crippen LogP contribution in [0.15, 0.2) is 18.2 Å². The lowest BCUT2D eigenvalue weighted by Crippen LogP contribution is -2.46. The van der Waals surface area contributed by atoms with Crippen LogP contribution in [0, 0.1) is 18.3 Å². The Morgan fingerprint density at radius 3 is 3.05 bits per heavy atom. The molecule has 1 aliphatic heterocycles. The Kier molecular flexibility index (Phi) is 4.03. The molecule has 0 radical (unpaired) electrons. The number of benzene rings is 1. The lowest BCUT2D eigenvalue weighted by atomic mass is 10.1. The number of carboxylic acids is 1. The van der Waals surface area contributed by atoms with Crippen molar-refractivity contribution in [2.24, 2.45) is 0 Å². The summed E-state index contributed by atoms with van der Waals surface area (Å²) in [5.41, 5.74) is 2.50. The minimum atomic E-state index is -0.828. The number of aliphatic carboxylic acids is 1. The third-order valence-electron chi connectivity index (χ3n) is 3.30. The second kappa shape index (κ2) is 5.72. The van der Waals surface area contributed by atoms with Crippen LogP contribution in [0.1, 0.15) is 17.5 Å². The second-order valence-electron chi connectivity index (χ2n) is 4.63. The number of hydrogen-bond donors (Lipinski definition) is 1. The van der Waals surface area contributed by atoms with Crippen molar-refractivity contribution in [2.45, 2.75) is 19.4 Å². The largest absolute Gasteiger partial charge is 0.481 e. The van der Waals surface area contributed by atoms with Crippen molar-refractivity contribution in [3.63, 3.8) is 0 Å². The molecule has 0 bridgehead atoms. The van der Waals surface area contributed by atoms with Crippen LogP contribution in [-0.4, -0.2) is 36.9 Å². The minimum absolute atomic E-state index is 0.0546. The van der Waals surface area contributed by atoms with Crippen molar-refractivity contribution in [2.75, 3.05) is 24.7 Å². The summed E-state index contributed by atoms with van der Waals surface area (Å²) >= 11 is 0. The Bertz CT molecular complexity index is 522. The molecular formula is C14H16N2O3. The number of nitriles is 1. The van der Waals surface area contributed by atoms with E-state index in [1.807, 2.05) is 24.0 Å². The second-order valence-corrected chi connectivity index (χ2v) is 4.63. The summed E-state index contributed by atoms with van der Waals surface area (Å²) in [6.07, 6.45) is 0.0546. The molecule has 0 amide bonds. The number of rotatable bonds is 3. The van der Waals surface area contributed by atoms with Gasteiger partial charge in [-0.1, -0.05) is 0 Å². The molecule has 19 heavy (non-hydrogen) atoms. The van der Waals surface area contributed by atoms with Crippen LogP contribution in [-0.2, 0) is 9.53 Å². The van der Waals surface area contributed by atoms with E-state index in [1.54, 1.807) is 6.07 Å². The van der Waals surface area contributed by atoms with E-state index >= 15 is 0 Å². The van der Waals surface area contributed by atoms with Crippen LogP contribution in [0.4, 0.5) is 5.69 Å². The Balaban J connectivity index is 2.25. The van der Waals surface area contributed by atoms with E-state index < -0.39 is 5.97 Å². The summed E-state index contributed by atoms with van der Waals surface area (Å²) in [5.74, 6) is -0.828. The number of anilines is 1. The molecule has 5 heteroatoms. The molecule has 0 aliphatic carbocycles. The molecule has 1 atom stereocenters. The standard InChI is InChI=1S/C14H16N2O3/c1-10-6-12(3-2-11(10)8-15)16-4-5-19-9-13(16)7-14(17)18/h2-3,6,13H,4-5,7,9H2,1H3,(H,17,18). The van der Waals surface area contributed by atoms with Crippen LogP contribution in [0.25, 0.3) is 0 Å². The monoisotopic (exact) mass is 260 g/mol. The number of carbonyl (C=O) groups is 1. The van der Waals surface area contributed by atoms with E-state index in [4.69, 9.17) is 15.1 Å². The molecule has 1 aromatic rings. The van der Waals surface area contributed by atoms with Gasteiger partial charge in [0.1, 0.15) is 0 Å². The first-order chi connectivity index (χ1) is 9.11. The number of carboxylic acid groups (broad SMARTS) is 1. The highest BCUT2D eigenvalue weighted by molar-refractivity contribution is 5.69. The molecule has 2 rings (SSSR count). The lowest BCUT2D eigenvalue weighted by Gasteiger charge is -2.36. The van der Waals surface area contributed by atoms with Gasteiger partial charge in [-0.05, 0) is 30.7 Å².